The zero-order valence-electron chi connectivity index (χ0n) is 12.3. The van der Waals surface area contributed by atoms with Gasteiger partial charge in [0.25, 0.3) is 0 Å². The van der Waals surface area contributed by atoms with Gasteiger partial charge in [-0.15, -0.1) is 0 Å². The van der Waals surface area contributed by atoms with E-state index in [4.69, 9.17) is 4.74 Å². The lowest BCUT2D eigenvalue weighted by molar-refractivity contribution is -0.385. The van der Waals surface area contributed by atoms with E-state index in [1.165, 1.54) is 0 Å². The molecule has 0 saturated heterocycles. The molecule has 0 aliphatic carbocycles. The molecule has 0 spiro atoms. The van der Waals surface area contributed by atoms with Crippen LogP contribution in [0.4, 0.5) is 11.4 Å². The summed E-state index contributed by atoms with van der Waals surface area (Å²) in [5.74, 6) is 0.318. The van der Waals surface area contributed by atoms with E-state index in [9.17, 15) is 10.1 Å². The molecule has 0 atom stereocenters. The zero-order chi connectivity index (χ0) is 15.0. The summed E-state index contributed by atoms with van der Waals surface area (Å²) in [5, 5.41) is 17.5. The summed E-state index contributed by atoms with van der Waals surface area (Å²) in [6, 6.07) is 5.49. The van der Waals surface area contributed by atoms with Gasteiger partial charge >= 0.3 is 5.69 Å². The van der Waals surface area contributed by atoms with Crippen molar-refractivity contribution < 1.29 is 9.66 Å². The Kier molecular flexibility index (Phi) is 6.79. The predicted octanol–water partition coefficient (Wildman–Crippen LogP) is 2.79. The van der Waals surface area contributed by atoms with Crippen LogP contribution in [0, 0.1) is 10.1 Å². The van der Waals surface area contributed by atoms with Crippen molar-refractivity contribution in [2.75, 3.05) is 25.0 Å². The van der Waals surface area contributed by atoms with Crippen molar-refractivity contribution in [3.63, 3.8) is 0 Å². The molecule has 0 heterocycles. The summed E-state index contributed by atoms with van der Waals surface area (Å²) in [4.78, 5) is 10.8. The minimum atomic E-state index is -0.400. The van der Waals surface area contributed by atoms with Gasteiger partial charge in [0.1, 0.15) is 5.69 Å². The number of ether oxygens (including phenoxy) is 1. The van der Waals surface area contributed by atoms with Crippen molar-refractivity contribution in [2.24, 2.45) is 0 Å². The molecule has 0 aliphatic heterocycles. The third kappa shape index (κ3) is 5.05. The maximum absolute atomic E-state index is 11.2. The molecule has 6 heteroatoms. The molecule has 2 N–H and O–H groups in total. The Balaban J connectivity index is 2.76. The molecule has 6 nitrogen and oxygen atoms in total. The van der Waals surface area contributed by atoms with E-state index in [1.807, 2.05) is 6.92 Å². The Morgan fingerprint density at radius 2 is 2.10 bits per heavy atom. The number of para-hydroxylation sites is 1. The van der Waals surface area contributed by atoms with Crippen LogP contribution < -0.4 is 15.4 Å². The lowest BCUT2D eigenvalue weighted by Crippen LogP contribution is -2.28. The average Bonchev–Trinajstić information content (AvgIpc) is 2.40. The van der Waals surface area contributed by atoms with Crippen LogP contribution in [0.2, 0.25) is 0 Å². The lowest BCUT2D eigenvalue weighted by atomic mass is 10.2. The molecular formula is C14H23N3O3. The molecule has 1 aromatic carbocycles. The second kappa shape index (κ2) is 8.37. The molecule has 1 aromatic rings. The molecule has 20 heavy (non-hydrogen) atoms. The van der Waals surface area contributed by atoms with Gasteiger partial charge in [-0.3, -0.25) is 10.1 Å². The van der Waals surface area contributed by atoms with Crippen molar-refractivity contribution in [3.05, 3.63) is 28.3 Å². The Hall–Kier alpha value is -1.82. The van der Waals surface area contributed by atoms with Gasteiger partial charge in [0.05, 0.1) is 11.5 Å². The summed E-state index contributed by atoms with van der Waals surface area (Å²) in [6.07, 6.45) is 0.813. The zero-order valence-corrected chi connectivity index (χ0v) is 12.3. The molecule has 1 rings (SSSR count). The fourth-order valence-electron chi connectivity index (χ4n) is 1.74. The van der Waals surface area contributed by atoms with E-state index in [1.54, 1.807) is 18.2 Å². The highest BCUT2D eigenvalue weighted by Crippen LogP contribution is 2.34. The van der Waals surface area contributed by atoms with Crippen molar-refractivity contribution in [2.45, 2.75) is 33.2 Å². The van der Waals surface area contributed by atoms with E-state index in [2.05, 4.69) is 24.5 Å². The van der Waals surface area contributed by atoms with Gasteiger partial charge in [-0.2, -0.15) is 0 Å². The Labute approximate surface area is 119 Å². The summed E-state index contributed by atoms with van der Waals surface area (Å²) >= 11 is 0. The normalized spacial score (nSPS) is 10.6. The van der Waals surface area contributed by atoms with E-state index in [0.717, 1.165) is 13.0 Å². The summed E-state index contributed by atoms with van der Waals surface area (Å²) in [7, 11) is 0. The maximum atomic E-state index is 11.2. The van der Waals surface area contributed by atoms with Crippen LogP contribution in [-0.4, -0.2) is 30.7 Å². The highest BCUT2D eigenvalue weighted by Gasteiger charge is 2.20. The van der Waals surface area contributed by atoms with Crippen LogP contribution in [0.3, 0.4) is 0 Å². The highest BCUT2D eigenvalue weighted by molar-refractivity contribution is 5.68. The first kappa shape index (κ1) is 16.2. The number of nitrogens with zero attached hydrogens (tertiary/aromatic N) is 1. The number of hydrogen-bond acceptors (Lipinski definition) is 5. The van der Waals surface area contributed by atoms with Crippen LogP contribution in [-0.2, 0) is 0 Å². The molecule has 0 radical (unpaired) electrons. The Bertz CT molecular complexity index is 436. The lowest BCUT2D eigenvalue weighted by Gasteiger charge is -2.12. The van der Waals surface area contributed by atoms with Gasteiger partial charge in [-0.1, -0.05) is 26.8 Å². The van der Waals surface area contributed by atoms with E-state index >= 15 is 0 Å². The standard InChI is InChI=1S/C14H23N3O3/c1-4-10-20-13-7-5-6-12(14(13)17(18)19)16-9-8-15-11(2)3/h5-7,11,15-16H,4,8-10H2,1-3H3. The van der Waals surface area contributed by atoms with E-state index in [0.29, 0.717) is 30.6 Å². The number of hydrogen-bond donors (Lipinski definition) is 2. The topological polar surface area (TPSA) is 76.4 Å². The number of nitrogens with one attached hydrogen (secondary N) is 2. The molecule has 0 saturated carbocycles. The summed E-state index contributed by atoms with van der Waals surface area (Å²) in [5.41, 5.74) is 0.500. The quantitative estimate of drug-likeness (QED) is 0.413. The molecule has 0 aromatic heterocycles. The third-order valence-corrected chi connectivity index (χ3v) is 2.64. The van der Waals surface area contributed by atoms with E-state index in [-0.39, 0.29) is 5.69 Å². The molecule has 0 fully saturated rings. The average molecular weight is 281 g/mol. The minimum Gasteiger partial charge on any atom is -0.487 e. The fourth-order valence-corrected chi connectivity index (χ4v) is 1.74. The first-order chi connectivity index (χ1) is 9.56. The first-order valence-electron chi connectivity index (χ1n) is 6.93. The van der Waals surface area contributed by atoms with Crippen molar-refractivity contribution in [1.82, 2.24) is 5.32 Å². The number of nitro benzene ring substituents is 1. The molecule has 0 amide bonds. The third-order valence-electron chi connectivity index (χ3n) is 2.64. The summed E-state index contributed by atoms with van der Waals surface area (Å²) in [6.45, 7) is 7.92. The maximum Gasteiger partial charge on any atom is 0.333 e. The number of benzene rings is 1. The number of rotatable bonds is 9. The second-order valence-corrected chi connectivity index (χ2v) is 4.79. The van der Waals surface area contributed by atoms with E-state index < -0.39 is 4.92 Å². The van der Waals surface area contributed by atoms with Gasteiger partial charge in [0.2, 0.25) is 0 Å². The van der Waals surface area contributed by atoms with Crippen molar-refractivity contribution in [3.8, 4) is 5.75 Å². The highest BCUT2D eigenvalue weighted by atomic mass is 16.6. The van der Waals surface area contributed by atoms with Crippen molar-refractivity contribution >= 4 is 11.4 Å². The molecule has 0 unspecified atom stereocenters. The van der Waals surface area contributed by atoms with Gasteiger partial charge in [-0.05, 0) is 18.6 Å². The van der Waals surface area contributed by atoms with Gasteiger partial charge in [0.15, 0.2) is 5.75 Å². The first-order valence-corrected chi connectivity index (χ1v) is 6.93. The largest absolute Gasteiger partial charge is 0.487 e. The minimum absolute atomic E-state index is 0.00509. The van der Waals surface area contributed by atoms with Crippen LogP contribution >= 0.6 is 0 Å². The molecule has 112 valence electrons. The smallest absolute Gasteiger partial charge is 0.333 e. The second-order valence-electron chi connectivity index (χ2n) is 4.79. The Morgan fingerprint density at radius 1 is 1.35 bits per heavy atom. The molecular weight excluding hydrogens is 258 g/mol. The molecule has 0 bridgehead atoms. The fraction of sp³-hybridized carbons (Fsp3) is 0.571. The van der Waals surface area contributed by atoms with Crippen LogP contribution in [0.25, 0.3) is 0 Å². The number of nitro groups is 1. The van der Waals surface area contributed by atoms with Gasteiger partial charge in [0, 0.05) is 19.1 Å². The monoisotopic (exact) mass is 281 g/mol. The van der Waals surface area contributed by atoms with Gasteiger partial charge in [-0.25, -0.2) is 0 Å². The SMILES string of the molecule is CCCOc1cccc(NCCNC(C)C)c1[N+](=O)[O-]. The van der Waals surface area contributed by atoms with Crippen molar-refractivity contribution in [1.29, 1.82) is 0 Å². The van der Waals surface area contributed by atoms with Gasteiger partial charge < -0.3 is 15.4 Å². The van der Waals surface area contributed by atoms with Crippen LogP contribution in [0.15, 0.2) is 18.2 Å². The Morgan fingerprint density at radius 3 is 2.70 bits per heavy atom. The number of anilines is 1. The van der Waals surface area contributed by atoms with Crippen LogP contribution in [0.5, 0.6) is 5.75 Å². The predicted molar refractivity (Wildman–Crippen MR) is 80.5 cm³/mol. The molecule has 0 aliphatic rings. The van der Waals surface area contributed by atoms with Crippen LogP contribution in [0.1, 0.15) is 27.2 Å². The summed E-state index contributed by atoms with van der Waals surface area (Å²) < 4.78 is 5.44.